The van der Waals surface area contributed by atoms with E-state index in [0.717, 1.165) is 100 Å². The summed E-state index contributed by atoms with van der Waals surface area (Å²) in [5.74, 6) is 0.171. The maximum atomic E-state index is 11.8. The summed E-state index contributed by atoms with van der Waals surface area (Å²) >= 11 is 0. The number of aryl methyl sites for hydroxylation is 9. The normalized spacial score (nSPS) is 12.9. The van der Waals surface area contributed by atoms with Gasteiger partial charge in [0, 0.05) is 67.8 Å². The van der Waals surface area contributed by atoms with Crippen LogP contribution in [-0.4, -0.2) is 46.0 Å². The molecular formula is C102H138O9. The molecule has 0 aliphatic rings. The van der Waals surface area contributed by atoms with Crippen molar-refractivity contribution < 1.29 is 46.0 Å². The second-order valence-electron chi connectivity index (χ2n) is 41.8. The molecule has 0 amide bonds. The van der Waals surface area contributed by atoms with E-state index in [1.807, 2.05) is 172 Å². The van der Waals surface area contributed by atoms with Crippen LogP contribution < -0.4 is 0 Å². The fourth-order valence-corrected chi connectivity index (χ4v) is 15.9. The molecule has 0 aliphatic carbocycles. The monoisotopic (exact) mass is 1510 g/mol. The fourth-order valence-electron chi connectivity index (χ4n) is 15.9. The van der Waals surface area contributed by atoms with Gasteiger partial charge in [-0.2, -0.15) is 0 Å². The smallest absolute Gasteiger partial charge is 0.123 e. The van der Waals surface area contributed by atoms with Crippen molar-refractivity contribution in [2.75, 3.05) is 0 Å². The molecule has 0 atom stereocenters. The van der Waals surface area contributed by atoms with E-state index < -0.39 is 17.8 Å². The molecule has 0 saturated carbocycles. The molecule has 9 aromatic carbocycles. The van der Waals surface area contributed by atoms with Gasteiger partial charge in [0.25, 0.3) is 0 Å². The summed E-state index contributed by atoms with van der Waals surface area (Å²) in [4.78, 5) is 0. The Balaban J connectivity index is 0.000000231. The molecule has 0 unspecified atom stereocenters. The lowest BCUT2D eigenvalue weighted by molar-refractivity contribution is 0.422. The number of phenolic OH excluding ortho intramolecular Hbond substituents is 9. The molecule has 0 aliphatic heterocycles. The second-order valence-corrected chi connectivity index (χ2v) is 41.8. The molecule has 0 heterocycles. The molecule has 9 rings (SSSR count). The van der Waals surface area contributed by atoms with Crippen molar-refractivity contribution >= 4 is 0 Å². The largest absolute Gasteiger partial charge is 0.507 e. The maximum Gasteiger partial charge on any atom is 0.123 e. The maximum absolute atomic E-state index is 11.8. The van der Waals surface area contributed by atoms with Crippen LogP contribution in [0.2, 0.25) is 0 Å². The Morgan fingerprint density at radius 1 is 0.144 bits per heavy atom. The Morgan fingerprint density at radius 2 is 0.216 bits per heavy atom. The number of phenols is 9. The standard InChI is InChI=1S/3C34H46O3/c3*1-19-13-22(29(35)25(16-19)32(4,5)6)28(23-14-20(2)17-26(30(23)36)33(7,8)9)24-15-21(3)18-27(31(24)37)34(10,11)12/h3*13-18,28,35-37H,1-12H3. The first-order chi connectivity index (χ1) is 50.2. The van der Waals surface area contributed by atoms with Crippen molar-refractivity contribution in [2.45, 2.75) is 316 Å². The Labute approximate surface area is 669 Å². The highest BCUT2D eigenvalue weighted by Gasteiger charge is 2.39. The minimum atomic E-state index is -0.567. The molecule has 9 heteroatoms. The minimum absolute atomic E-state index is 0.208. The van der Waals surface area contributed by atoms with Crippen LogP contribution >= 0.6 is 0 Å². The van der Waals surface area contributed by atoms with Gasteiger partial charge in [-0.15, -0.1) is 0 Å². The molecule has 9 aromatic rings. The van der Waals surface area contributed by atoms with E-state index in [4.69, 9.17) is 0 Å². The van der Waals surface area contributed by atoms with E-state index in [9.17, 15) is 46.0 Å². The van der Waals surface area contributed by atoms with Gasteiger partial charge in [-0.05, 0) is 161 Å². The average molecular weight is 1510 g/mol. The summed E-state index contributed by atoms with van der Waals surface area (Å²) in [6.07, 6.45) is 0. The van der Waals surface area contributed by atoms with Crippen LogP contribution in [0.25, 0.3) is 0 Å². The first-order valence-electron chi connectivity index (χ1n) is 39.8. The molecule has 600 valence electrons. The van der Waals surface area contributed by atoms with Gasteiger partial charge in [-0.1, -0.05) is 346 Å². The third-order valence-corrected chi connectivity index (χ3v) is 21.6. The van der Waals surface area contributed by atoms with Crippen LogP contribution in [0.1, 0.15) is 355 Å². The zero-order valence-corrected chi connectivity index (χ0v) is 74.6. The van der Waals surface area contributed by atoms with E-state index in [-0.39, 0.29) is 100 Å². The van der Waals surface area contributed by atoms with Gasteiger partial charge >= 0.3 is 0 Å². The highest BCUT2D eigenvalue weighted by molar-refractivity contribution is 5.68. The van der Waals surface area contributed by atoms with Gasteiger partial charge in [-0.25, -0.2) is 0 Å². The van der Waals surface area contributed by atoms with E-state index in [1.54, 1.807) is 0 Å². The van der Waals surface area contributed by atoms with E-state index in [1.165, 1.54) is 0 Å². The van der Waals surface area contributed by atoms with Gasteiger partial charge in [0.05, 0.1) is 0 Å². The van der Waals surface area contributed by atoms with E-state index in [0.29, 0.717) is 50.1 Å². The quantitative estimate of drug-likeness (QED) is 0.0635. The molecule has 0 bridgehead atoms. The first kappa shape index (κ1) is 89.4. The van der Waals surface area contributed by atoms with Gasteiger partial charge < -0.3 is 46.0 Å². The molecular weight excluding hydrogens is 1370 g/mol. The van der Waals surface area contributed by atoms with E-state index >= 15 is 0 Å². The van der Waals surface area contributed by atoms with Gasteiger partial charge in [0.2, 0.25) is 0 Å². The fraction of sp³-hybridized carbons (Fsp3) is 0.471. The summed E-state index contributed by atoms with van der Waals surface area (Å²) < 4.78 is 0. The molecule has 0 spiro atoms. The Morgan fingerprint density at radius 3 is 0.279 bits per heavy atom. The molecule has 0 saturated heterocycles. The zero-order valence-electron chi connectivity index (χ0n) is 74.6. The number of hydrogen-bond donors (Lipinski definition) is 9. The van der Waals surface area contributed by atoms with E-state index in [2.05, 4.69) is 187 Å². The van der Waals surface area contributed by atoms with Gasteiger partial charge in [0.1, 0.15) is 51.7 Å². The SMILES string of the molecule is Cc1cc(C(c2cc(C)cc(C(C)(C)C)c2O)c2cc(C)cc(C(C)(C)C)c2O)c(O)c(C(C)(C)C)c1.Cc1cc(C(c2cc(C)cc(C(C)(C)C)c2O)c2cc(C)cc(C(C)(C)C)c2O)c(O)c(C(C)(C)C)c1.Cc1cc(C(c2cc(C)cc(C(C)(C)C)c2O)c2cc(C)cc(C(C)(C)C)c2O)c(O)c(C(C)(C)C)c1. The van der Waals surface area contributed by atoms with Crippen LogP contribution in [0.5, 0.6) is 51.7 Å². The third kappa shape index (κ3) is 19.6. The summed E-state index contributed by atoms with van der Waals surface area (Å²) in [5, 5.41) is 106. The van der Waals surface area contributed by atoms with Crippen LogP contribution in [0.15, 0.2) is 109 Å². The first-order valence-corrected chi connectivity index (χ1v) is 39.8. The van der Waals surface area contributed by atoms with Crippen molar-refractivity contribution in [3.05, 3.63) is 259 Å². The molecule has 111 heavy (non-hydrogen) atoms. The summed E-state index contributed by atoms with van der Waals surface area (Å²) in [5.41, 5.74) is 20.4. The lowest BCUT2D eigenvalue weighted by Gasteiger charge is -2.31. The van der Waals surface area contributed by atoms with Crippen LogP contribution in [0.3, 0.4) is 0 Å². The summed E-state index contributed by atoms with van der Waals surface area (Å²) in [7, 11) is 0. The van der Waals surface area contributed by atoms with Crippen molar-refractivity contribution in [1.29, 1.82) is 0 Å². The molecule has 0 aromatic heterocycles. The number of hydrogen-bond acceptors (Lipinski definition) is 9. The van der Waals surface area contributed by atoms with Crippen LogP contribution in [-0.2, 0) is 48.7 Å². The second kappa shape index (κ2) is 31.3. The van der Waals surface area contributed by atoms with Crippen LogP contribution in [0, 0.1) is 62.3 Å². The average Bonchev–Trinajstić information content (AvgIpc) is 0.752. The highest BCUT2D eigenvalue weighted by Crippen LogP contribution is 2.56. The Hall–Kier alpha value is -8.82. The number of aromatic hydroxyl groups is 9. The number of rotatable bonds is 9. The molecule has 0 radical (unpaired) electrons. The predicted molar refractivity (Wildman–Crippen MR) is 467 cm³/mol. The zero-order chi connectivity index (χ0) is 84.7. The minimum Gasteiger partial charge on any atom is -0.507 e. The van der Waals surface area contributed by atoms with Crippen molar-refractivity contribution in [3.63, 3.8) is 0 Å². The number of benzene rings is 9. The molecule has 9 nitrogen and oxygen atoms in total. The van der Waals surface area contributed by atoms with Gasteiger partial charge in [-0.3, -0.25) is 0 Å². The molecule has 9 N–H and O–H groups in total. The van der Waals surface area contributed by atoms with Gasteiger partial charge in [0.15, 0.2) is 0 Å². The van der Waals surface area contributed by atoms with Crippen molar-refractivity contribution in [3.8, 4) is 51.7 Å². The Bertz CT molecular complexity index is 3980. The highest BCUT2D eigenvalue weighted by atomic mass is 16.3. The topological polar surface area (TPSA) is 182 Å². The Kier molecular flexibility index (Phi) is 25.2. The lowest BCUT2D eigenvalue weighted by Crippen LogP contribution is -2.17. The summed E-state index contributed by atoms with van der Waals surface area (Å²) in [6.45, 7) is 74.6. The van der Waals surface area contributed by atoms with Crippen molar-refractivity contribution in [2.24, 2.45) is 0 Å². The lowest BCUT2D eigenvalue weighted by atomic mass is 9.74. The van der Waals surface area contributed by atoms with Crippen molar-refractivity contribution in [1.82, 2.24) is 0 Å². The molecule has 0 fully saturated rings. The predicted octanol–water partition coefficient (Wildman–Crippen LogP) is 26.4. The summed E-state index contributed by atoms with van der Waals surface area (Å²) in [6, 6.07) is 36.2. The van der Waals surface area contributed by atoms with Crippen LogP contribution in [0.4, 0.5) is 0 Å². The third-order valence-electron chi connectivity index (χ3n) is 21.6.